The minimum absolute atomic E-state index is 0.207. The van der Waals surface area contributed by atoms with E-state index in [9.17, 15) is 14.7 Å². The molecule has 1 unspecified atom stereocenters. The molecule has 0 fully saturated rings. The maximum absolute atomic E-state index is 12.4. The van der Waals surface area contributed by atoms with E-state index < -0.39 is 17.5 Å². The smallest absolute Gasteiger partial charge is 0.348 e. The Kier molecular flexibility index (Phi) is 7.01. The maximum atomic E-state index is 12.4. The first kappa shape index (κ1) is 19.7. The van der Waals surface area contributed by atoms with Gasteiger partial charge >= 0.3 is 11.9 Å². The molecular weight excluding hydrogens is 306 g/mol. The van der Waals surface area contributed by atoms with Gasteiger partial charge in [0, 0.05) is 11.6 Å². The van der Waals surface area contributed by atoms with E-state index in [1.165, 1.54) is 17.7 Å². The molecule has 0 saturated carbocycles. The summed E-state index contributed by atoms with van der Waals surface area (Å²) < 4.78 is 5.49. The lowest BCUT2D eigenvalue weighted by Crippen LogP contribution is -2.48. The minimum Gasteiger partial charge on any atom is -0.478 e. The first-order valence-electron chi connectivity index (χ1n) is 8.18. The Morgan fingerprint density at radius 2 is 1.88 bits per heavy atom. The lowest BCUT2D eigenvalue weighted by molar-refractivity contribution is -0.166. The number of allylic oxidation sites excluding steroid dienone is 2. The van der Waals surface area contributed by atoms with Crippen LogP contribution < -0.4 is 5.73 Å². The predicted molar refractivity (Wildman–Crippen MR) is 94.8 cm³/mol. The second kappa shape index (κ2) is 8.52. The molecule has 0 amide bonds. The van der Waals surface area contributed by atoms with Crippen molar-refractivity contribution in [3.05, 3.63) is 41.5 Å². The standard InChI is InChI=1S/C19H27NO4/c1-5-19(18(22)23,14(4)8-6-7-13(2)3)24-17(21)15-9-11-16(20)12-10-15/h7,9-12,14H,5-6,8,20H2,1-4H3,(H,22,23)/t14-,19?/m1/s1. The number of rotatable bonds is 8. The summed E-state index contributed by atoms with van der Waals surface area (Å²) in [7, 11) is 0. The van der Waals surface area contributed by atoms with Crippen molar-refractivity contribution >= 4 is 17.6 Å². The number of ether oxygens (including phenoxy) is 1. The number of aliphatic carboxylic acids is 1. The van der Waals surface area contributed by atoms with Crippen LogP contribution in [-0.2, 0) is 9.53 Å². The molecule has 5 nitrogen and oxygen atoms in total. The van der Waals surface area contributed by atoms with E-state index in [1.807, 2.05) is 20.8 Å². The van der Waals surface area contributed by atoms with Crippen molar-refractivity contribution < 1.29 is 19.4 Å². The summed E-state index contributed by atoms with van der Waals surface area (Å²) in [6.45, 7) is 7.53. The highest BCUT2D eigenvalue weighted by atomic mass is 16.6. The fraction of sp³-hybridized carbons (Fsp3) is 0.474. The highest BCUT2D eigenvalue weighted by molar-refractivity contribution is 5.92. The molecule has 0 radical (unpaired) electrons. The van der Waals surface area contributed by atoms with Crippen LogP contribution in [0.3, 0.4) is 0 Å². The van der Waals surface area contributed by atoms with Gasteiger partial charge in [-0.3, -0.25) is 0 Å². The number of nitrogens with two attached hydrogens (primary N) is 1. The highest BCUT2D eigenvalue weighted by Gasteiger charge is 2.46. The van der Waals surface area contributed by atoms with Crippen molar-refractivity contribution in [1.82, 2.24) is 0 Å². The van der Waals surface area contributed by atoms with Crippen LogP contribution >= 0.6 is 0 Å². The van der Waals surface area contributed by atoms with Gasteiger partial charge < -0.3 is 15.6 Å². The number of carbonyl (C=O) groups excluding carboxylic acids is 1. The monoisotopic (exact) mass is 333 g/mol. The number of carbonyl (C=O) groups is 2. The average Bonchev–Trinajstić information content (AvgIpc) is 2.52. The number of hydrogen-bond acceptors (Lipinski definition) is 4. The number of esters is 1. The molecule has 0 heterocycles. The summed E-state index contributed by atoms with van der Waals surface area (Å²) >= 11 is 0. The number of anilines is 1. The van der Waals surface area contributed by atoms with Gasteiger partial charge in [-0.25, -0.2) is 9.59 Å². The van der Waals surface area contributed by atoms with Gasteiger partial charge in [-0.15, -0.1) is 0 Å². The Morgan fingerprint density at radius 3 is 2.33 bits per heavy atom. The molecule has 3 N–H and O–H groups in total. The molecule has 0 aromatic heterocycles. The fourth-order valence-corrected chi connectivity index (χ4v) is 2.63. The molecule has 1 aromatic rings. The lowest BCUT2D eigenvalue weighted by Gasteiger charge is -2.34. The Morgan fingerprint density at radius 1 is 1.29 bits per heavy atom. The van der Waals surface area contributed by atoms with Crippen LogP contribution in [-0.4, -0.2) is 22.6 Å². The quantitative estimate of drug-likeness (QED) is 0.426. The summed E-state index contributed by atoms with van der Waals surface area (Å²) in [5.41, 5.74) is 6.07. The fourth-order valence-electron chi connectivity index (χ4n) is 2.63. The predicted octanol–water partition coefficient (Wildman–Crippen LogP) is 4.04. The molecular formula is C19H27NO4. The van der Waals surface area contributed by atoms with Gasteiger partial charge in [-0.2, -0.15) is 0 Å². The van der Waals surface area contributed by atoms with E-state index in [-0.39, 0.29) is 12.3 Å². The minimum atomic E-state index is -1.53. The average molecular weight is 333 g/mol. The molecule has 1 aromatic carbocycles. The molecule has 0 aliphatic carbocycles. The van der Waals surface area contributed by atoms with E-state index >= 15 is 0 Å². The van der Waals surface area contributed by atoms with E-state index in [4.69, 9.17) is 10.5 Å². The first-order valence-corrected chi connectivity index (χ1v) is 8.18. The molecule has 0 saturated heterocycles. The Labute approximate surface area is 143 Å². The van der Waals surface area contributed by atoms with Crippen LogP contribution in [0.5, 0.6) is 0 Å². The van der Waals surface area contributed by atoms with Gasteiger partial charge in [0.2, 0.25) is 5.60 Å². The van der Waals surface area contributed by atoms with Crippen molar-refractivity contribution in [1.29, 1.82) is 0 Å². The zero-order valence-corrected chi connectivity index (χ0v) is 14.8. The summed E-state index contributed by atoms with van der Waals surface area (Å²) in [6, 6.07) is 6.24. The Hall–Kier alpha value is -2.30. The second-order valence-corrected chi connectivity index (χ2v) is 6.32. The van der Waals surface area contributed by atoms with Gasteiger partial charge in [0.15, 0.2) is 0 Å². The second-order valence-electron chi connectivity index (χ2n) is 6.32. The Balaban J connectivity index is 2.98. The summed E-state index contributed by atoms with van der Waals surface area (Å²) in [4.78, 5) is 24.3. The van der Waals surface area contributed by atoms with E-state index in [0.717, 1.165) is 6.42 Å². The van der Waals surface area contributed by atoms with Crippen LogP contribution in [0.25, 0.3) is 0 Å². The molecule has 2 atom stereocenters. The normalized spacial score (nSPS) is 14.3. The van der Waals surface area contributed by atoms with Crippen LogP contribution in [0.4, 0.5) is 5.69 Å². The van der Waals surface area contributed by atoms with Crippen molar-refractivity contribution in [3.8, 4) is 0 Å². The van der Waals surface area contributed by atoms with Crippen LogP contribution in [0.2, 0.25) is 0 Å². The van der Waals surface area contributed by atoms with Gasteiger partial charge in [0.05, 0.1) is 5.56 Å². The molecule has 0 aliphatic heterocycles. The molecule has 24 heavy (non-hydrogen) atoms. The number of nitrogen functional groups attached to an aromatic ring is 1. The van der Waals surface area contributed by atoms with Crippen molar-refractivity contribution in [2.24, 2.45) is 5.92 Å². The largest absolute Gasteiger partial charge is 0.478 e. The molecule has 1 rings (SSSR count). The van der Waals surface area contributed by atoms with E-state index in [2.05, 4.69) is 6.08 Å². The number of carboxylic acids is 1. The van der Waals surface area contributed by atoms with Gasteiger partial charge in [-0.1, -0.05) is 25.5 Å². The van der Waals surface area contributed by atoms with Gasteiger partial charge in [0.25, 0.3) is 0 Å². The van der Waals surface area contributed by atoms with Crippen molar-refractivity contribution in [2.45, 2.75) is 52.6 Å². The maximum Gasteiger partial charge on any atom is 0.348 e. The van der Waals surface area contributed by atoms with E-state index in [0.29, 0.717) is 17.7 Å². The SMILES string of the molecule is CCC(OC(=O)c1ccc(N)cc1)(C(=O)O)[C@H](C)CCC=C(C)C. The van der Waals surface area contributed by atoms with Crippen LogP contribution in [0, 0.1) is 5.92 Å². The topological polar surface area (TPSA) is 89.6 Å². The van der Waals surface area contributed by atoms with Crippen LogP contribution in [0.1, 0.15) is 57.3 Å². The number of hydrogen-bond donors (Lipinski definition) is 2. The zero-order chi connectivity index (χ0) is 18.3. The molecule has 0 aliphatic rings. The summed E-state index contributed by atoms with van der Waals surface area (Å²) in [6.07, 6.45) is 3.64. The van der Waals surface area contributed by atoms with E-state index in [1.54, 1.807) is 19.1 Å². The number of carboxylic acid groups (broad SMARTS) is 1. The Bertz CT molecular complexity index is 602. The molecule has 0 spiro atoms. The third kappa shape index (κ3) is 4.85. The molecule has 0 bridgehead atoms. The van der Waals surface area contributed by atoms with Gasteiger partial charge in [-0.05, 0) is 57.4 Å². The van der Waals surface area contributed by atoms with Crippen LogP contribution in [0.15, 0.2) is 35.9 Å². The third-order valence-electron chi connectivity index (χ3n) is 4.26. The molecule has 132 valence electrons. The molecule has 5 heteroatoms. The first-order chi connectivity index (χ1) is 11.2. The zero-order valence-electron chi connectivity index (χ0n) is 14.8. The summed E-state index contributed by atoms with van der Waals surface area (Å²) in [5.74, 6) is -2.07. The van der Waals surface area contributed by atoms with Gasteiger partial charge in [0.1, 0.15) is 0 Å². The summed E-state index contributed by atoms with van der Waals surface area (Å²) in [5, 5.41) is 9.73. The number of benzene rings is 1. The highest BCUT2D eigenvalue weighted by Crippen LogP contribution is 2.31. The lowest BCUT2D eigenvalue weighted by atomic mass is 9.82. The van der Waals surface area contributed by atoms with Crippen molar-refractivity contribution in [2.75, 3.05) is 5.73 Å². The van der Waals surface area contributed by atoms with Crippen molar-refractivity contribution in [3.63, 3.8) is 0 Å². The third-order valence-corrected chi connectivity index (χ3v) is 4.26.